The SMILES string of the molecule is Cc1ccc(N2CCCC(C)(C)CC2)c(CCl)c1. The molecule has 0 saturated carbocycles. The summed E-state index contributed by atoms with van der Waals surface area (Å²) in [5.74, 6) is 0.608. The van der Waals surface area contributed by atoms with Crippen molar-refractivity contribution in [3.8, 4) is 0 Å². The zero-order valence-electron chi connectivity index (χ0n) is 11.8. The first kappa shape index (κ1) is 13.7. The van der Waals surface area contributed by atoms with Gasteiger partial charge in [0.1, 0.15) is 0 Å². The third kappa shape index (κ3) is 3.20. The van der Waals surface area contributed by atoms with Crippen LogP contribution in [0.2, 0.25) is 0 Å². The molecule has 2 heteroatoms. The number of hydrogen-bond acceptors (Lipinski definition) is 1. The molecule has 1 aliphatic rings. The lowest BCUT2D eigenvalue weighted by atomic mass is 9.85. The maximum absolute atomic E-state index is 6.09. The van der Waals surface area contributed by atoms with Crippen molar-refractivity contribution < 1.29 is 0 Å². The molecule has 1 saturated heterocycles. The van der Waals surface area contributed by atoms with Crippen LogP contribution in [0.15, 0.2) is 18.2 Å². The van der Waals surface area contributed by atoms with Gasteiger partial charge in [-0.3, -0.25) is 0 Å². The van der Waals surface area contributed by atoms with E-state index in [1.807, 2.05) is 0 Å². The average molecular weight is 266 g/mol. The zero-order valence-corrected chi connectivity index (χ0v) is 12.6. The van der Waals surface area contributed by atoms with Crippen LogP contribution in [0, 0.1) is 12.3 Å². The Morgan fingerprint density at radius 3 is 2.72 bits per heavy atom. The maximum Gasteiger partial charge on any atom is 0.0494 e. The fourth-order valence-corrected chi connectivity index (χ4v) is 3.01. The van der Waals surface area contributed by atoms with Crippen molar-refractivity contribution in [1.29, 1.82) is 0 Å². The largest absolute Gasteiger partial charge is 0.371 e. The van der Waals surface area contributed by atoms with E-state index in [-0.39, 0.29) is 0 Å². The minimum Gasteiger partial charge on any atom is -0.371 e. The van der Waals surface area contributed by atoms with Gasteiger partial charge in [0.2, 0.25) is 0 Å². The minimum absolute atomic E-state index is 0.487. The molecule has 0 radical (unpaired) electrons. The maximum atomic E-state index is 6.09. The van der Waals surface area contributed by atoms with Gasteiger partial charge in [0.05, 0.1) is 0 Å². The van der Waals surface area contributed by atoms with Crippen LogP contribution in [0.1, 0.15) is 44.2 Å². The van der Waals surface area contributed by atoms with Gasteiger partial charge in [-0.2, -0.15) is 0 Å². The highest BCUT2D eigenvalue weighted by molar-refractivity contribution is 6.17. The van der Waals surface area contributed by atoms with Gasteiger partial charge >= 0.3 is 0 Å². The molecule has 1 nitrogen and oxygen atoms in total. The summed E-state index contributed by atoms with van der Waals surface area (Å²) < 4.78 is 0. The summed E-state index contributed by atoms with van der Waals surface area (Å²) in [6, 6.07) is 6.66. The van der Waals surface area contributed by atoms with Crippen LogP contribution >= 0.6 is 11.6 Å². The van der Waals surface area contributed by atoms with E-state index in [1.54, 1.807) is 0 Å². The van der Waals surface area contributed by atoms with Gasteiger partial charge in [-0.05, 0) is 43.2 Å². The molecule has 1 fully saturated rings. The third-order valence-corrected chi connectivity index (χ3v) is 4.35. The summed E-state index contributed by atoms with van der Waals surface area (Å²) >= 11 is 6.09. The molecule has 0 unspecified atom stereocenters. The molecule has 0 aliphatic carbocycles. The fourth-order valence-electron chi connectivity index (χ4n) is 2.79. The highest BCUT2D eigenvalue weighted by Gasteiger charge is 2.23. The average Bonchev–Trinajstić information content (AvgIpc) is 2.50. The van der Waals surface area contributed by atoms with Crippen molar-refractivity contribution in [3.05, 3.63) is 29.3 Å². The van der Waals surface area contributed by atoms with E-state index in [2.05, 4.69) is 43.9 Å². The molecular weight excluding hydrogens is 242 g/mol. The lowest BCUT2D eigenvalue weighted by molar-refractivity contribution is 0.325. The molecule has 0 bridgehead atoms. The normalized spacial score (nSPS) is 19.7. The van der Waals surface area contributed by atoms with E-state index in [9.17, 15) is 0 Å². The summed E-state index contributed by atoms with van der Waals surface area (Å²) in [6.07, 6.45) is 3.87. The monoisotopic (exact) mass is 265 g/mol. The third-order valence-electron chi connectivity index (χ3n) is 4.06. The Labute approximate surface area is 116 Å². The summed E-state index contributed by atoms with van der Waals surface area (Å²) in [5, 5.41) is 0. The molecule has 18 heavy (non-hydrogen) atoms. The van der Waals surface area contributed by atoms with E-state index in [0.717, 1.165) is 13.1 Å². The number of anilines is 1. The number of halogens is 1. The molecule has 2 rings (SSSR count). The second-order valence-corrected chi connectivity index (χ2v) is 6.54. The van der Waals surface area contributed by atoms with Crippen molar-refractivity contribution >= 4 is 17.3 Å². The molecule has 1 heterocycles. The number of rotatable bonds is 2. The van der Waals surface area contributed by atoms with Crippen LogP contribution in [0.25, 0.3) is 0 Å². The van der Waals surface area contributed by atoms with Gasteiger partial charge in [0, 0.05) is 24.7 Å². The van der Waals surface area contributed by atoms with Crippen LogP contribution in [0.3, 0.4) is 0 Å². The Balaban J connectivity index is 2.21. The topological polar surface area (TPSA) is 3.24 Å². The second-order valence-electron chi connectivity index (χ2n) is 6.27. The van der Waals surface area contributed by atoms with E-state index < -0.39 is 0 Å². The Bertz CT molecular complexity index is 412. The van der Waals surface area contributed by atoms with Crippen molar-refractivity contribution in [3.63, 3.8) is 0 Å². The summed E-state index contributed by atoms with van der Waals surface area (Å²) in [5.41, 5.74) is 4.40. The molecule has 0 atom stereocenters. The Morgan fingerprint density at radius 1 is 1.22 bits per heavy atom. The highest BCUT2D eigenvalue weighted by atomic mass is 35.5. The molecule has 1 aromatic rings. The van der Waals surface area contributed by atoms with Crippen LogP contribution < -0.4 is 4.90 Å². The molecular formula is C16H24ClN. The molecule has 100 valence electrons. The van der Waals surface area contributed by atoms with Crippen molar-refractivity contribution in [2.45, 2.75) is 45.9 Å². The van der Waals surface area contributed by atoms with E-state index >= 15 is 0 Å². The lowest BCUT2D eigenvalue weighted by Crippen LogP contribution is -2.26. The number of nitrogens with zero attached hydrogens (tertiary/aromatic N) is 1. The Kier molecular flexibility index (Phi) is 4.21. The first-order valence-electron chi connectivity index (χ1n) is 6.92. The molecule has 0 amide bonds. The van der Waals surface area contributed by atoms with Gasteiger partial charge in [-0.1, -0.05) is 31.5 Å². The number of benzene rings is 1. The van der Waals surface area contributed by atoms with E-state index in [1.165, 1.54) is 36.1 Å². The Morgan fingerprint density at radius 2 is 2.00 bits per heavy atom. The number of hydrogen-bond donors (Lipinski definition) is 0. The standard InChI is InChI=1S/C16H24ClN/c1-13-5-6-15(14(11-13)12-17)18-9-4-7-16(2,3)8-10-18/h5-6,11H,4,7-10,12H2,1-3H3. The van der Waals surface area contributed by atoms with E-state index in [0.29, 0.717) is 11.3 Å². The molecule has 0 N–H and O–H groups in total. The second kappa shape index (κ2) is 5.52. The quantitative estimate of drug-likeness (QED) is 0.698. The predicted octanol–water partition coefficient (Wildman–Crippen LogP) is 4.75. The van der Waals surface area contributed by atoms with Gasteiger partial charge in [0.25, 0.3) is 0 Å². The minimum atomic E-state index is 0.487. The van der Waals surface area contributed by atoms with Crippen LogP contribution in [-0.4, -0.2) is 13.1 Å². The van der Waals surface area contributed by atoms with Gasteiger partial charge in [-0.15, -0.1) is 11.6 Å². The summed E-state index contributed by atoms with van der Waals surface area (Å²) in [6.45, 7) is 9.21. The van der Waals surface area contributed by atoms with Gasteiger partial charge in [-0.25, -0.2) is 0 Å². The first-order valence-corrected chi connectivity index (χ1v) is 7.46. The molecule has 0 spiro atoms. The first-order chi connectivity index (χ1) is 8.52. The fraction of sp³-hybridized carbons (Fsp3) is 0.625. The summed E-state index contributed by atoms with van der Waals surface area (Å²) in [7, 11) is 0. The van der Waals surface area contributed by atoms with Crippen LogP contribution in [0.5, 0.6) is 0 Å². The van der Waals surface area contributed by atoms with Crippen molar-refractivity contribution in [2.75, 3.05) is 18.0 Å². The van der Waals surface area contributed by atoms with Gasteiger partial charge in [0.15, 0.2) is 0 Å². The lowest BCUT2D eigenvalue weighted by Gasteiger charge is -2.26. The van der Waals surface area contributed by atoms with Crippen molar-refractivity contribution in [2.24, 2.45) is 5.41 Å². The Hall–Kier alpha value is -0.690. The number of alkyl halides is 1. The molecule has 0 aromatic heterocycles. The molecule has 1 aliphatic heterocycles. The summed E-state index contributed by atoms with van der Waals surface area (Å²) in [4.78, 5) is 2.52. The van der Waals surface area contributed by atoms with E-state index in [4.69, 9.17) is 11.6 Å². The number of aryl methyl sites for hydroxylation is 1. The zero-order chi connectivity index (χ0) is 13.2. The van der Waals surface area contributed by atoms with Gasteiger partial charge < -0.3 is 4.90 Å². The van der Waals surface area contributed by atoms with Crippen LogP contribution in [-0.2, 0) is 5.88 Å². The van der Waals surface area contributed by atoms with Crippen LogP contribution in [0.4, 0.5) is 5.69 Å². The smallest absolute Gasteiger partial charge is 0.0494 e. The predicted molar refractivity (Wildman–Crippen MR) is 80.6 cm³/mol. The van der Waals surface area contributed by atoms with Crippen molar-refractivity contribution in [1.82, 2.24) is 0 Å². The highest BCUT2D eigenvalue weighted by Crippen LogP contribution is 2.33. The molecule has 1 aromatic carbocycles.